The third-order valence-corrected chi connectivity index (χ3v) is 3.39. The molecule has 1 heterocycles. The van der Waals surface area contributed by atoms with Crippen molar-refractivity contribution in [1.82, 2.24) is 10.3 Å². The first-order valence-corrected chi connectivity index (χ1v) is 6.80. The summed E-state index contributed by atoms with van der Waals surface area (Å²) >= 11 is 0. The number of hydrogen-bond acceptors (Lipinski definition) is 3. The standard InChI is InChI=1S/C15H23N3/c1-4-10-18(5-2)15-9-6-13(12(3)17-15)11-16-14-7-8-14/h4,6,9,14,16H,1,5,7-8,10-11H2,2-3H3. The van der Waals surface area contributed by atoms with Gasteiger partial charge in [-0.1, -0.05) is 12.1 Å². The van der Waals surface area contributed by atoms with E-state index >= 15 is 0 Å². The number of nitrogens with zero attached hydrogens (tertiary/aromatic N) is 2. The zero-order valence-electron chi connectivity index (χ0n) is 11.4. The van der Waals surface area contributed by atoms with E-state index in [9.17, 15) is 0 Å². The molecule has 0 atom stereocenters. The van der Waals surface area contributed by atoms with Crippen LogP contribution in [-0.2, 0) is 6.54 Å². The molecule has 0 aromatic carbocycles. The van der Waals surface area contributed by atoms with E-state index in [4.69, 9.17) is 4.98 Å². The lowest BCUT2D eigenvalue weighted by Crippen LogP contribution is -2.24. The predicted molar refractivity (Wildman–Crippen MR) is 76.9 cm³/mol. The van der Waals surface area contributed by atoms with Gasteiger partial charge in [0.1, 0.15) is 5.82 Å². The average molecular weight is 245 g/mol. The molecular weight excluding hydrogens is 222 g/mol. The predicted octanol–water partition coefficient (Wildman–Crippen LogP) is 2.65. The topological polar surface area (TPSA) is 28.2 Å². The van der Waals surface area contributed by atoms with Crippen molar-refractivity contribution in [1.29, 1.82) is 0 Å². The molecule has 1 aromatic heterocycles. The van der Waals surface area contributed by atoms with Crippen molar-refractivity contribution in [3.8, 4) is 0 Å². The van der Waals surface area contributed by atoms with Crippen molar-refractivity contribution >= 4 is 5.82 Å². The molecule has 3 nitrogen and oxygen atoms in total. The Morgan fingerprint density at radius 3 is 2.83 bits per heavy atom. The quantitative estimate of drug-likeness (QED) is 0.749. The van der Waals surface area contributed by atoms with Crippen molar-refractivity contribution < 1.29 is 0 Å². The third-order valence-electron chi connectivity index (χ3n) is 3.39. The number of hydrogen-bond donors (Lipinski definition) is 1. The van der Waals surface area contributed by atoms with Gasteiger partial charge in [0.15, 0.2) is 0 Å². The molecule has 2 rings (SSSR count). The van der Waals surface area contributed by atoms with E-state index in [1.807, 2.05) is 6.08 Å². The van der Waals surface area contributed by atoms with Crippen LogP contribution in [0, 0.1) is 6.92 Å². The minimum atomic E-state index is 0.747. The van der Waals surface area contributed by atoms with Gasteiger partial charge < -0.3 is 10.2 Å². The molecule has 98 valence electrons. The Morgan fingerprint density at radius 2 is 2.28 bits per heavy atom. The number of aryl methyl sites for hydroxylation is 1. The number of nitrogens with one attached hydrogen (secondary N) is 1. The molecule has 0 saturated heterocycles. The van der Waals surface area contributed by atoms with E-state index in [0.717, 1.165) is 37.2 Å². The molecule has 0 bridgehead atoms. The molecule has 1 saturated carbocycles. The van der Waals surface area contributed by atoms with Gasteiger partial charge in [-0.3, -0.25) is 0 Å². The second-order valence-corrected chi connectivity index (χ2v) is 4.90. The number of pyridine rings is 1. The van der Waals surface area contributed by atoms with Crippen LogP contribution in [0.2, 0.25) is 0 Å². The van der Waals surface area contributed by atoms with Gasteiger partial charge >= 0.3 is 0 Å². The zero-order chi connectivity index (χ0) is 13.0. The maximum absolute atomic E-state index is 4.70. The number of anilines is 1. The van der Waals surface area contributed by atoms with E-state index in [1.54, 1.807) is 0 Å². The summed E-state index contributed by atoms with van der Waals surface area (Å²) in [7, 11) is 0. The first-order valence-electron chi connectivity index (χ1n) is 6.80. The summed E-state index contributed by atoms with van der Waals surface area (Å²) in [5, 5.41) is 3.53. The molecule has 1 fully saturated rings. The maximum atomic E-state index is 4.70. The van der Waals surface area contributed by atoms with E-state index in [1.165, 1.54) is 18.4 Å². The first kappa shape index (κ1) is 13.1. The van der Waals surface area contributed by atoms with Crippen LogP contribution in [0.15, 0.2) is 24.8 Å². The molecule has 0 unspecified atom stereocenters. The minimum Gasteiger partial charge on any atom is -0.353 e. The average Bonchev–Trinajstić information content (AvgIpc) is 3.18. The molecule has 0 radical (unpaired) electrons. The highest BCUT2D eigenvalue weighted by molar-refractivity contribution is 5.42. The van der Waals surface area contributed by atoms with Crippen LogP contribution < -0.4 is 10.2 Å². The molecule has 1 aliphatic rings. The van der Waals surface area contributed by atoms with Crippen LogP contribution in [0.5, 0.6) is 0 Å². The summed E-state index contributed by atoms with van der Waals surface area (Å²) in [6, 6.07) is 5.06. The van der Waals surface area contributed by atoms with Crippen molar-refractivity contribution in [2.45, 2.75) is 39.3 Å². The van der Waals surface area contributed by atoms with Crippen LogP contribution in [0.1, 0.15) is 31.0 Å². The second-order valence-electron chi connectivity index (χ2n) is 4.90. The van der Waals surface area contributed by atoms with Crippen molar-refractivity contribution in [3.05, 3.63) is 36.0 Å². The van der Waals surface area contributed by atoms with Crippen LogP contribution in [0.25, 0.3) is 0 Å². The largest absolute Gasteiger partial charge is 0.353 e. The van der Waals surface area contributed by atoms with Crippen LogP contribution >= 0.6 is 0 Å². The Kier molecular flexibility index (Phi) is 4.37. The highest BCUT2D eigenvalue weighted by Crippen LogP contribution is 2.20. The Hall–Kier alpha value is -1.35. The third kappa shape index (κ3) is 3.33. The van der Waals surface area contributed by atoms with Crippen molar-refractivity contribution in [2.75, 3.05) is 18.0 Å². The van der Waals surface area contributed by atoms with Gasteiger partial charge in [0, 0.05) is 31.4 Å². The highest BCUT2D eigenvalue weighted by atomic mass is 15.2. The monoisotopic (exact) mass is 245 g/mol. The number of aromatic nitrogens is 1. The molecular formula is C15H23N3. The molecule has 1 N–H and O–H groups in total. The number of likely N-dealkylation sites (N-methyl/N-ethyl adjacent to an activating group) is 1. The summed E-state index contributed by atoms with van der Waals surface area (Å²) in [6.07, 6.45) is 4.57. The van der Waals surface area contributed by atoms with Gasteiger partial charge in [-0.2, -0.15) is 0 Å². The summed E-state index contributed by atoms with van der Waals surface area (Å²) < 4.78 is 0. The summed E-state index contributed by atoms with van der Waals surface area (Å²) in [5.41, 5.74) is 2.43. The molecule has 0 amide bonds. The smallest absolute Gasteiger partial charge is 0.129 e. The molecule has 0 aliphatic heterocycles. The lowest BCUT2D eigenvalue weighted by molar-refractivity contribution is 0.682. The highest BCUT2D eigenvalue weighted by Gasteiger charge is 2.20. The van der Waals surface area contributed by atoms with Gasteiger partial charge in [0.25, 0.3) is 0 Å². The minimum absolute atomic E-state index is 0.747. The summed E-state index contributed by atoms with van der Waals surface area (Å²) in [6.45, 7) is 10.8. The van der Waals surface area contributed by atoms with Crippen LogP contribution in [-0.4, -0.2) is 24.1 Å². The fraction of sp³-hybridized carbons (Fsp3) is 0.533. The normalized spacial score (nSPS) is 14.6. The fourth-order valence-corrected chi connectivity index (χ4v) is 2.02. The Labute approximate surface area is 110 Å². The van der Waals surface area contributed by atoms with Crippen LogP contribution in [0.4, 0.5) is 5.82 Å². The van der Waals surface area contributed by atoms with E-state index in [2.05, 4.69) is 42.8 Å². The van der Waals surface area contributed by atoms with E-state index in [0.29, 0.717) is 0 Å². The van der Waals surface area contributed by atoms with Crippen molar-refractivity contribution in [2.24, 2.45) is 0 Å². The van der Waals surface area contributed by atoms with Crippen molar-refractivity contribution in [3.63, 3.8) is 0 Å². The Morgan fingerprint density at radius 1 is 1.50 bits per heavy atom. The molecule has 18 heavy (non-hydrogen) atoms. The summed E-state index contributed by atoms with van der Waals surface area (Å²) in [4.78, 5) is 6.92. The Bertz CT molecular complexity index is 410. The lowest BCUT2D eigenvalue weighted by Gasteiger charge is -2.21. The van der Waals surface area contributed by atoms with E-state index in [-0.39, 0.29) is 0 Å². The summed E-state index contributed by atoms with van der Waals surface area (Å²) in [5.74, 6) is 1.05. The SMILES string of the molecule is C=CCN(CC)c1ccc(CNC2CC2)c(C)n1. The van der Waals surface area contributed by atoms with Gasteiger partial charge in [-0.15, -0.1) is 6.58 Å². The van der Waals surface area contributed by atoms with Gasteiger partial charge in [0.2, 0.25) is 0 Å². The second kappa shape index (κ2) is 6.01. The molecule has 3 heteroatoms. The fourth-order valence-electron chi connectivity index (χ4n) is 2.02. The van der Waals surface area contributed by atoms with E-state index < -0.39 is 0 Å². The molecule has 1 aliphatic carbocycles. The zero-order valence-corrected chi connectivity index (χ0v) is 11.4. The molecule has 1 aromatic rings. The first-order chi connectivity index (χ1) is 8.74. The van der Waals surface area contributed by atoms with Gasteiger partial charge in [-0.05, 0) is 38.3 Å². The Balaban J connectivity index is 2.04. The number of rotatable bonds is 7. The van der Waals surface area contributed by atoms with Gasteiger partial charge in [-0.25, -0.2) is 4.98 Å². The van der Waals surface area contributed by atoms with Crippen LogP contribution in [0.3, 0.4) is 0 Å². The maximum Gasteiger partial charge on any atom is 0.129 e. The van der Waals surface area contributed by atoms with Gasteiger partial charge in [0.05, 0.1) is 0 Å². The molecule has 0 spiro atoms. The lowest BCUT2D eigenvalue weighted by atomic mass is 10.2.